The number of benzene rings is 4. The zero-order valence-corrected chi connectivity index (χ0v) is 35.1. The zero-order valence-electron chi connectivity index (χ0n) is 33.6. The maximum absolute atomic E-state index is 13.6. The molecule has 13 nitrogen and oxygen atoms in total. The molecule has 0 aliphatic rings. The normalized spacial score (nSPS) is 10.8. The number of halogens is 2. The SMILES string of the molecule is COc1ccc(NC(=O)c2cc(NC(=O)c3cc(NC(=O)CCCc4ccc(N(CCCl)CCCl)cc4)ccc3OC)ccc2OC)cc1C(=O)NCCCN(C)C. The van der Waals surface area contributed by atoms with Gasteiger partial charge in [0.2, 0.25) is 5.91 Å². The summed E-state index contributed by atoms with van der Waals surface area (Å²) in [5, 5.41) is 11.4. The predicted molar refractivity (Wildman–Crippen MR) is 232 cm³/mol. The van der Waals surface area contributed by atoms with E-state index in [0.29, 0.717) is 67.0 Å². The van der Waals surface area contributed by atoms with Gasteiger partial charge in [-0.1, -0.05) is 12.1 Å². The largest absolute Gasteiger partial charge is 0.496 e. The first kappa shape index (κ1) is 45.2. The third-order valence-corrected chi connectivity index (χ3v) is 9.42. The second-order valence-corrected chi connectivity index (χ2v) is 14.3. The highest BCUT2D eigenvalue weighted by atomic mass is 35.5. The van der Waals surface area contributed by atoms with E-state index < -0.39 is 11.8 Å². The van der Waals surface area contributed by atoms with Gasteiger partial charge in [-0.05, 0) is 112 Å². The smallest absolute Gasteiger partial charge is 0.259 e. The van der Waals surface area contributed by atoms with E-state index in [1.165, 1.54) is 39.5 Å². The van der Waals surface area contributed by atoms with Gasteiger partial charge in [0.15, 0.2) is 0 Å². The molecule has 4 aromatic carbocycles. The number of hydrogen-bond donors (Lipinski definition) is 4. The quantitative estimate of drug-likeness (QED) is 0.0479. The second kappa shape index (κ2) is 23.0. The first-order chi connectivity index (χ1) is 28.0. The van der Waals surface area contributed by atoms with E-state index in [2.05, 4.69) is 26.2 Å². The number of carbonyl (C=O) groups excluding carboxylic acids is 4. The van der Waals surface area contributed by atoms with E-state index in [0.717, 1.165) is 24.2 Å². The first-order valence-corrected chi connectivity index (χ1v) is 19.9. The molecule has 0 heterocycles. The number of rotatable bonds is 22. The molecular formula is C43H52Cl2N6O7. The minimum Gasteiger partial charge on any atom is -0.496 e. The molecule has 0 saturated carbocycles. The van der Waals surface area contributed by atoms with Crippen LogP contribution in [0.15, 0.2) is 78.9 Å². The minimum atomic E-state index is -0.536. The van der Waals surface area contributed by atoms with E-state index in [1.807, 2.05) is 43.3 Å². The average molecular weight is 836 g/mol. The first-order valence-electron chi connectivity index (χ1n) is 18.9. The van der Waals surface area contributed by atoms with Crippen LogP contribution in [0.25, 0.3) is 0 Å². The van der Waals surface area contributed by atoms with Crippen molar-refractivity contribution in [3.8, 4) is 17.2 Å². The molecule has 0 unspecified atom stereocenters. The van der Waals surface area contributed by atoms with Crippen molar-refractivity contribution in [2.24, 2.45) is 0 Å². The molecule has 0 radical (unpaired) electrons. The van der Waals surface area contributed by atoms with Gasteiger partial charge in [-0.3, -0.25) is 19.2 Å². The van der Waals surface area contributed by atoms with E-state index in [9.17, 15) is 19.2 Å². The van der Waals surface area contributed by atoms with Crippen LogP contribution in [0.1, 0.15) is 55.9 Å². The molecule has 15 heteroatoms. The molecule has 0 aromatic heterocycles. The molecule has 4 rings (SSSR count). The van der Waals surface area contributed by atoms with Crippen LogP contribution in [-0.4, -0.2) is 102 Å². The highest BCUT2D eigenvalue weighted by Gasteiger charge is 2.20. The number of carbonyl (C=O) groups is 4. The van der Waals surface area contributed by atoms with Gasteiger partial charge in [-0.15, -0.1) is 23.2 Å². The van der Waals surface area contributed by atoms with Crippen molar-refractivity contribution in [3.63, 3.8) is 0 Å². The van der Waals surface area contributed by atoms with Crippen molar-refractivity contribution in [1.29, 1.82) is 0 Å². The lowest BCUT2D eigenvalue weighted by Crippen LogP contribution is -2.27. The maximum atomic E-state index is 13.6. The Kier molecular flexibility index (Phi) is 18.0. The van der Waals surface area contributed by atoms with Crippen LogP contribution >= 0.6 is 23.2 Å². The summed E-state index contributed by atoms with van der Waals surface area (Å²) in [5.41, 5.74) is 3.81. The molecule has 4 N–H and O–H groups in total. The summed E-state index contributed by atoms with van der Waals surface area (Å²) >= 11 is 11.9. The number of methoxy groups -OCH3 is 3. The standard InChI is InChI=1S/C43H52Cl2N6O7/c1-50(2)23-7-22-46-41(53)34-27-31(13-18-37(34)56-3)48-43(55)36-28-32(14-19-39(36)58-5)49-42(54)35-26-30(12-17-38(35)57-4)47-40(52)9-6-8-29-10-15-33(16-11-29)51(24-20-44)25-21-45/h10-19,26-28H,6-9,20-25H2,1-5H3,(H,46,53)(H,47,52)(H,48,55)(H,49,54). The van der Waals surface area contributed by atoms with Gasteiger partial charge in [-0.25, -0.2) is 0 Å². The summed E-state index contributed by atoms with van der Waals surface area (Å²) in [4.78, 5) is 57.3. The fourth-order valence-corrected chi connectivity index (χ4v) is 6.51. The zero-order chi connectivity index (χ0) is 42.0. The monoisotopic (exact) mass is 834 g/mol. The van der Waals surface area contributed by atoms with E-state index in [4.69, 9.17) is 37.4 Å². The Bertz CT molecular complexity index is 2010. The Labute approximate surface area is 350 Å². The Balaban J connectivity index is 1.40. The molecule has 0 spiro atoms. The van der Waals surface area contributed by atoms with Crippen molar-refractivity contribution in [1.82, 2.24) is 10.2 Å². The summed E-state index contributed by atoms with van der Waals surface area (Å²) in [6.45, 7) is 2.70. The van der Waals surface area contributed by atoms with Gasteiger partial charge in [-0.2, -0.15) is 0 Å². The predicted octanol–water partition coefficient (Wildman–Crippen LogP) is 7.14. The van der Waals surface area contributed by atoms with E-state index in [1.54, 1.807) is 36.4 Å². The van der Waals surface area contributed by atoms with Crippen LogP contribution in [0.5, 0.6) is 17.2 Å². The number of hydrogen-bond acceptors (Lipinski definition) is 9. The lowest BCUT2D eigenvalue weighted by atomic mass is 10.1. The summed E-state index contributed by atoms with van der Waals surface area (Å²) in [6, 6.07) is 22.4. The van der Waals surface area contributed by atoms with Crippen molar-refractivity contribution in [2.75, 3.05) is 94.2 Å². The van der Waals surface area contributed by atoms with Crippen LogP contribution in [0.4, 0.5) is 22.7 Å². The Hall–Kier alpha value is -5.50. The molecule has 0 atom stereocenters. The topological polar surface area (TPSA) is 151 Å². The van der Waals surface area contributed by atoms with Gasteiger partial charge in [0.1, 0.15) is 17.2 Å². The Morgan fingerprint density at radius 3 is 1.50 bits per heavy atom. The minimum absolute atomic E-state index is 0.134. The fraction of sp³-hybridized carbons (Fsp3) is 0.349. The number of nitrogens with zero attached hydrogens (tertiary/aromatic N) is 2. The molecule has 4 aromatic rings. The van der Waals surface area contributed by atoms with Crippen LogP contribution in [0.2, 0.25) is 0 Å². The lowest BCUT2D eigenvalue weighted by molar-refractivity contribution is -0.116. The highest BCUT2D eigenvalue weighted by Crippen LogP contribution is 2.29. The number of amides is 4. The van der Waals surface area contributed by atoms with Crippen molar-refractivity contribution < 1.29 is 33.4 Å². The van der Waals surface area contributed by atoms with E-state index in [-0.39, 0.29) is 46.4 Å². The second-order valence-electron chi connectivity index (χ2n) is 13.5. The van der Waals surface area contributed by atoms with Crippen LogP contribution in [-0.2, 0) is 11.2 Å². The van der Waals surface area contributed by atoms with Gasteiger partial charge in [0.05, 0.1) is 38.0 Å². The molecule has 0 aliphatic heterocycles. The molecule has 0 saturated heterocycles. The molecule has 0 aliphatic carbocycles. The number of nitrogens with one attached hydrogen (secondary N) is 4. The molecule has 310 valence electrons. The summed E-state index contributed by atoms with van der Waals surface area (Å²) in [6.07, 6.45) is 2.38. The molecule has 0 bridgehead atoms. The number of aryl methyl sites for hydroxylation is 1. The van der Waals surface area contributed by atoms with Gasteiger partial charge < -0.3 is 45.3 Å². The summed E-state index contributed by atoms with van der Waals surface area (Å²) < 4.78 is 16.3. The highest BCUT2D eigenvalue weighted by molar-refractivity contribution is 6.18. The number of anilines is 4. The van der Waals surface area contributed by atoms with Crippen LogP contribution < -0.4 is 40.4 Å². The molecule has 4 amide bonds. The van der Waals surface area contributed by atoms with Crippen LogP contribution in [0.3, 0.4) is 0 Å². The van der Waals surface area contributed by atoms with Gasteiger partial charge >= 0.3 is 0 Å². The van der Waals surface area contributed by atoms with E-state index >= 15 is 0 Å². The summed E-state index contributed by atoms with van der Waals surface area (Å²) in [5.74, 6) is 0.334. The maximum Gasteiger partial charge on any atom is 0.259 e. The van der Waals surface area contributed by atoms with Crippen molar-refractivity contribution in [3.05, 3.63) is 101 Å². The van der Waals surface area contributed by atoms with Crippen molar-refractivity contribution in [2.45, 2.75) is 25.7 Å². The van der Waals surface area contributed by atoms with Crippen LogP contribution in [0, 0.1) is 0 Å². The van der Waals surface area contributed by atoms with Gasteiger partial charge in [0, 0.05) is 60.6 Å². The van der Waals surface area contributed by atoms with Gasteiger partial charge in [0.25, 0.3) is 17.7 Å². The number of ether oxygens (including phenoxy) is 3. The van der Waals surface area contributed by atoms with Crippen molar-refractivity contribution >= 4 is 69.6 Å². The molecule has 58 heavy (non-hydrogen) atoms. The fourth-order valence-electron chi connectivity index (χ4n) is 6.10. The Morgan fingerprint density at radius 1 is 0.586 bits per heavy atom. The third-order valence-electron chi connectivity index (χ3n) is 9.08. The molecule has 0 fully saturated rings. The number of alkyl halides is 2. The third kappa shape index (κ3) is 13.3. The lowest BCUT2D eigenvalue weighted by Gasteiger charge is -2.23. The average Bonchev–Trinajstić information content (AvgIpc) is 3.22. The summed E-state index contributed by atoms with van der Waals surface area (Å²) in [7, 11) is 8.26. The molecular weight excluding hydrogens is 783 g/mol. The Morgan fingerprint density at radius 2 is 1.05 bits per heavy atom.